The number of carboxylic acids is 1. The van der Waals surface area contributed by atoms with Crippen molar-refractivity contribution in [2.75, 3.05) is 0 Å². The molecule has 1 radical (unpaired) electrons. The molecule has 0 aliphatic rings. The van der Waals surface area contributed by atoms with Gasteiger partial charge in [0, 0.05) is 17.1 Å². The van der Waals surface area contributed by atoms with Gasteiger partial charge in [-0.2, -0.15) is 0 Å². The molecule has 0 aliphatic heterocycles. The van der Waals surface area contributed by atoms with Crippen molar-refractivity contribution in [2.24, 2.45) is 5.73 Å². The van der Waals surface area contributed by atoms with Crippen molar-refractivity contribution < 1.29 is 27.0 Å². The van der Waals surface area contributed by atoms with Gasteiger partial charge in [0.1, 0.15) is 6.04 Å². The van der Waals surface area contributed by atoms with Gasteiger partial charge in [-0.15, -0.1) is 0 Å². The SMILES string of the molecule is C[C@H](N)C(=O)O.[Cu]. The predicted octanol–water partition coefficient (Wildman–Crippen LogP) is -0.584. The standard InChI is InChI=1S/C3H7NO2.Cu/c1-2(4)3(5)6;/h2H,4H2,1H3,(H,5,6);/t2-;/m0./s1. The fraction of sp³-hybridized carbons (Fsp3) is 0.667. The Kier molecular flexibility index (Phi) is 5.91. The third-order valence-corrected chi connectivity index (χ3v) is 0.390. The van der Waals surface area contributed by atoms with Gasteiger partial charge in [-0.1, -0.05) is 0 Å². The van der Waals surface area contributed by atoms with Crippen molar-refractivity contribution in [3.05, 3.63) is 0 Å². The summed E-state index contributed by atoms with van der Waals surface area (Å²) in [7, 11) is 0. The van der Waals surface area contributed by atoms with E-state index in [-0.39, 0.29) is 17.1 Å². The molecular formula is C3H7CuNO2. The number of nitrogens with two attached hydrogens (primary N) is 1. The minimum Gasteiger partial charge on any atom is -0.480 e. The second-order valence-corrected chi connectivity index (χ2v) is 1.13. The summed E-state index contributed by atoms with van der Waals surface area (Å²) in [6.07, 6.45) is 0. The average Bonchev–Trinajstić information content (AvgIpc) is 1.36. The summed E-state index contributed by atoms with van der Waals surface area (Å²) in [4.78, 5) is 9.57. The molecular weight excluding hydrogens is 146 g/mol. The summed E-state index contributed by atoms with van der Waals surface area (Å²) in [6, 6.07) is -0.731. The summed E-state index contributed by atoms with van der Waals surface area (Å²) in [5.74, 6) is -0.963. The fourth-order valence-electron chi connectivity index (χ4n) is 0. The number of hydrogen-bond donors (Lipinski definition) is 2. The first kappa shape index (κ1) is 10.0. The zero-order chi connectivity index (χ0) is 5.15. The molecule has 0 saturated carbocycles. The molecule has 0 aromatic carbocycles. The second-order valence-electron chi connectivity index (χ2n) is 1.13. The molecule has 0 unspecified atom stereocenters. The first-order chi connectivity index (χ1) is 2.64. The van der Waals surface area contributed by atoms with Gasteiger partial charge in [0.15, 0.2) is 0 Å². The molecule has 1 atom stereocenters. The van der Waals surface area contributed by atoms with E-state index in [9.17, 15) is 4.79 Å². The van der Waals surface area contributed by atoms with Crippen molar-refractivity contribution >= 4 is 5.97 Å². The maximum Gasteiger partial charge on any atom is 0.320 e. The zero-order valence-electron chi connectivity index (χ0n) is 3.81. The average molecular weight is 153 g/mol. The molecule has 0 heterocycles. The van der Waals surface area contributed by atoms with Crippen LogP contribution in [0.5, 0.6) is 0 Å². The van der Waals surface area contributed by atoms with Crippen LogP contribution in [0.3, 0.4) is 0 Å². The minimum atomic E-state index is -0.963. The molecule has 0 fully saturated rings. The molecule has 0 aromatic heterocycles. The summed E-state index contributed by atoms with van der Waals surface area (Å²) < 4.78 is 0. The van der Waals surface area contributed by atoms with E-state index in [1.807, 2.05) is 0 Å². The Bertz CT molecular complexity index is 64.0. The molecule has 0 spiro atoms. The minimum absolute atomic E-state index is 0. The summed E-state index contributed by atoms with van der Waals surface area (Å²) in [5, 5.41) is 7.87. The van der Waals surface area contributed by atoms with Gasteiger partial charge in [0.25, 0.3) is 0 Å². The largest absolute Gasteiger partial charge is 0.480 e. The number of carbonyl (C=O) groups is 1. The van der Waals surface area contributed by atoms with E-state index in [0.717, 1.165) is 0 Å². The van der Waals surface area contributed by atoms with Gasteiger partial charge in [-0.25, -0.2) is 0 Å². The van der Waals surface area contributed by atoms with Crippen molar-refractivity contribution in [3.8, 4) is 0 Å². The molecule has 0 aliphatic carbocycles. The summed E-state index contributed by atoms with van der Waals surface area (Å²) >= 11 is 0. The van der Waals surface area contributed by atoms with Gasteiger partial charge in [-0.05, 0) is 6.92 Å². The zero-order valence-corrected chi connectivity index (χ0v) is 4.75. The Morgan fingerprint density at radius 3 is 2.00 bits per heavy atom. The van der Waals surface area contributed by atoms with Gasteiger partial charge >= 0.3 is 5.97 Å². The van der Waals surface area contributed by atoms with Crippen LogP contribution in [0.15, 0.2) is 0 Å². The third kappa shape index (κ3) is 5.95. The molecule has 3 nitrogen and oxygen atoms in total. The molecule has 0 bridgehead atoms. The third-order valence-electron chi connectivity index (χ3n) is 0.390. The molecule has 47 valence electrons. The van der Waals surface area contributed by atoms with Crippen molar-refractivity contribution in [1.29, 1.82) is 0 Å². The van der Waals surface area contributed by atoms with E-state index in [0.29, 0.717) is 0 Å². The van der Waals surface area contributed by atoms with Crippen LogP contribution in [0.25, 0.3) is 0 Å². The van der Waals surface area contributed by atoms with Gasteiger partial charge < -0.3 is 10.8 Å². The molecule has 0 amide bonds. The van der Waals surface area contributed by atoms with E-state index in [1.54, 1.807) is 0 Å². The van der Waals surface area contributed by atoms with Crippen LogP contribution in [0, 0.1) is 0 Å². The molecule has 0 rings (SSSR count). The van der Waals surface area contributed by atoms with Crippen molar-refractivity contribution in [2.45, 2.75) is 13.0 Å². The Hall–Kier alpha value is -0.0505. The second kappa shape index (κ2) is 4.12. The van der Waals surface area contributed by atoms with Crippen LogP contribution in [-0.4, -0.2) is 17.1 Å². The normalized spacial score (nSPS) is 11.7. The maximum atomic E-state index is 9.57. The number of hydrogen-bond acceptors (Lipinski definition) is 2. The monoisotopic (exact) mass is 152 g/mol. The predicted molar refractivity (Wildman–Crippen MR) is 21.3 cm³/mol. The molecule has 3 N–H and O–H groups in total. The number of carboxylic acid groups (broad SMARTS) is 1. The first-order valence-corrected chi connectivity index (χ1v) is 1.63. The van der Waals surface area contributed by atoms with Crippen molar-refractivity contribution in [3.63, 3.8) is 0 Å². The van der Waals surface area contributed by atoms with E-state index in [4.69, 9.17) is 10.8 Å². The topological polar surface area (TPSA) is 63.3 Å². The fourth-order valence-corrected chi connectivity index (χ4v) is 0. The van der Waals surface area contributed by atoms with Gasteiger partial charge in [0.05, 0.1) is 0 Å². The van der Waals surface area contributed by atoms with Crippen molar-refractivity contribution in [1.82, 2.24) is 0 Å². The number of aliphatic carboxylic acids is 1. The Morgan fingerprint density at radius 2 is 2.00 bits per heavy atom. The molecule has 4 heteroatoms. The van der Waals surface area contributed by atoms with Crippen LogP contribution in [0.2, 0.25) is 0 Å². The Balaban J connectivity index is 0. The van der Waals surface area contributed by atoms with E-state index >= 15 is 0 Å². The van der Waals surface area contributed by atoms with E-state index in [2.05, 4.69) is 0 Å². The van der Waals surface area contributed by atoms with E-state index in [1.165, 1.54) is 6.92 Å². The van der Waals surface area contributed by atoms with Gasteiger partial charge in [-0.3, -0.25) is 4.79 Å². The first-order valence-electron chi connectivity index (χ1n) is 1.63. The van der Waals surface area contributed by atoms with E-state index < -0.39 is 12.0 Å². The Morgan fingerprint density at radius 1 is 1.86 bits per heavy atom. The Labute approximate surface area is 52.4 Å². The summed E-state index contributed by atoms with van der Waals surface area (Å²) in [6.45, 7) is 1.42. The molecule has 0 aromatic rings. The van der Waals surface area contributed by atoms with Crippen LogP contribution in [0.1, 0.15) is 6.92 Å². The van der Waals surface area contributed by atoms with Crippen LogP contribution in [-0.2, 0) is 21.9 Å². The van der Waals surface area contributed by atoms with Gasteiger partial charge in [0.2, 0.25) is 0 Å². The molecule has 7 heavy (non-hydrogen) atoms. The smallest absolute Gasteiger partial charge is 0.320 e. The van der Waals surface area contributed by atoms with Crippen LogP contribution < -0.4 is 5.73 Å². The van der Waals surface area contributed by atoms with Crippen LogP contribution >= 0.6 is 0 Å². The van der Waals surface area contributed by atoms with Crippen LogP contribution in [0.4, 0.5) is 0 Å². The molecule has 0 saturated heterocycles. The number of rotatable bonds is 1. The maximum absolute atomic E-state index is 9.57. The summed E-state index contributed by atoms with van der Waals surface area (Å²) in [5.41, 5.74) is 4.84. The quantitative estimate of drug-likeness (QED) is 0.494.